The summed E-state index contributed by atoms with van der Waals surface area (Å²) >= 11 is 0. The number of piperidine rings is 1. The molecule has 1 N–H and O–H groups in total. The molecule has 0 spiro atoms. The molecule has 2 amide bonds. The maximum Gasteiger partial charge on any atom is 0.234 e. The Labute approximate surface area is 105 Å². The van der Waals surface area contributed by atoms with Gasteiger partial charge >= 0.3 is 0 Å². The Morgan fingerprint density at radius 1 is 1.11 bits per heavy atom. The van der Waals surface area contributed by atoms with Crippen LogP contribution in [0.4, 0.5) is 0 Å². The van der Waals surface area contributed by atoms with Crippen molar-refractivity contribution in [3.8, 4) is 11.5 Å². The molecule has 1 saturated heterocycles. The number of amides is 2. The Morgan fingerprint density at radius 3 is 2.22 bits per heavy atom. The van der Waals surface area contributed by atoms with E-state index in [1.165, 1.54) is 0 Å². The average Bonchev–Trinajstić information content (AvgIpc) is 2.38. The summed E-state index contributed by atoms with van der Waals surface area (Å²) in [6.45, 7) is 0. The molecule has 18 heavy (non-hydrogen) atoms. The molecule has 0 bridgehead atoms. The number of benzene rings is 1. The molecule has 1 aromatic rings. The second kappa shape index (κ2) is 5.08. The van der Waals surface area contributed by atoms with E-state index in [9.17, 15) is 9.59 Å². The summed E-state index contributed by atoms with van der Waals surface area (Å²) in [5.74, 6) is 0.461. The number of hydrogen-bond acceptors (Lipinski definition) is 4. The topological polar surface area (TPSA) is 64.6 Å². The fourth-order valence-electron chi connectivity index (χ4n) is 2.04. The van der Waals surface area contributed by atoms with Gasteiger partial charge < -0.3 is 9.47 Å². The minimum atomic E-state index is -0.327. The monoisotopic (exact) mass is 249 g/mol. The van der Waals surface area contributed by atoms with Gasteiger partial charge in [0.1, 0.15) is 11.5 Å². The summed E-state index contributed by atoms with van der Waals surface area (Å²) in [6.07, 6.45) is 0.872. The molecular weight excluding hydrogens is 234 g/mol. The van der Waals surface area contributed by atoms with Gasteiger partial charge in [-0.3, -0.25) is 14.9 Å². The van der Waals surface area contributed by atoms with Gasteiger partial charge in [-0.1, -0.05) is 0 Å². The van der Waals surface area contributed by atoms with Gasteiger partial charge in [-0.25, -0.2) is 0 Å². The summed E-state index contributed by atoms with van der Waals surface area (Å²) in [4.78, 5) is 22.9. The molecule has 2 rings (SSSR count). The number of carbonyl (C=O) groups is 2. The number of imide groups is 1. The van der Waals surface area contributed by atoms with Crippen LogP contribution in [0.5, 0.6) is 11.5 Å². The number of ether oxygens (including phenoxy) is 2. The first kappa shape index (κ1) is 12.4. The molecule has 1 aliphatic heterocycles. The zero-order valence-electron chi connectivity index (χ0n) is 10.4. The molecule has 5 nitrogen and oxygen atoms in total. The Bertz CT molecular complexity index is 462. The van der Waals surface area contributed by atoms with Crippen molar-refractivity contribution < 1.29 is 19.1 Å². The Morgan fingerprint density at radius 2 is 1.72 bits per heavy atom. The summed E-state index contributed by atoms with van der Waals surface area (Å²) in [6, 6.07) is 5.33. The zero-order chi connectivity index (χ0) is 13.1. The highest BCUT2D eigenvalue weighted by molar-refractivity contribution is 6.01. The first-order chi connectivity index (χ1) is 8.63. The van der Waals surface area contributed by atoms with E-state index in [1.807, 2.05) is 0 Å². The molecular formula is C13H15NO4. The Hall–Kier alpha value is -2.04. The van der Waals surface area contributed by atoms with E-state index in [0.29, 0.717) is 24.3 Å². The van der Waals surface area contributed by atoms with Crippen molar-refractivity contribution in [2.75, 3.05) is 14.2 Å². The molecule has 1 atom stereocenters. The van der Waals surface area contributed by atoms with Crippen LogP contribution in [0, 0.1) is 0 Å². The highest BCUT2D eigenvalue weighted by Crippen LogP contribution is 2.31. The lowest BCUT2D eigenvalue weighted by atomic mass is 9.90. The van der Waals surface area contributed by atoms with Gasteiger partial charge in [-0.15, -0.1) is 0 Å². The van der Waals surface area contributed by atoms with Crippen LogP contribution in [0.25, 0.3) is 0 Å². The number of carbonyl (C=O) groups excluding carboxylic acids is 2. The molecule has 1 unspecified atom stereocenters. The highest BCUT2D eigenvalue weighted by Gasteiger charge is 2.28. The molecule has 0 saturated carbocycles. The maximum absolute atomic E-state index is 11.8. The smallest absolute Gasteiger partial charge is 0.234 e. The standard InChI is InChI=1S/C13H15NO4/c1-17-9-5-8(6-10(7-9)18-2)11-3-4-12(15)14-13(11)16/h5-7,11H,3-4H2,1-2H3,(H,14,15,16). The van der Waals surface area contributed by atoms with Crippen LogP contribution in [0.1, 0.15) is 24.3 Å². The van der Waals surface area contributed by atoms with E-state index < -0.39 is 0 Å². The number of hydrogen-bond donors (Lipinski definition) is 1. The fraction of sp³-hybridized carbons (Fsp3) is 0.385. The van der Waals surface area contributed by atoms with Crippen molar-refractivity contribution in [3.05, 3.63) is 23.8 Å². The highest BCUT2D eigenvalue weighted by atomic mass is 16.5. The molecule has 0 aromatic heterocycles. The summed E-state index contributed by atoms with van der Waals surface area (Å²) < 4.78 is 10.3. The average molecular weight is 249 g/mol. The number of nitrogens with one attached hydrogen (secondary N) is 1. The van der Waals surface area contributed by atoms with Crippen LogP contribution in [-0.2, 0) is 9.59 Å². The van der Waals surface area contributed by atoms with Crippen molar-refractivity contribution in [1.82, 2.24) is 5.32 Å². The minimum absolute atomic E-state index is 0.217. The molecule has 1 fully saturated rings. The zero-order valence-corrected chi connectivity index (χ0v) is 10.4. The van der Waals surface area contributed by atoms with E-state index in [-0.39, 0.29) is 17.7 Å². The van der Waals surface area contributed by atoms with Gasteiger partial charge in [-0.05, 0) is 24.1 Å². The fourth-order valence-corrected chi connectivity index (χ4v) is 2.04. The molecule has 1 aliphatic rings. The minimum Gasteiger partial charge on any atom is -0.497 e. The van der Waals surface area contributed by atoms with Crippen LogP contribution in [-0.4, -0.2) is 26.0 Å². The Kier molecular flexibility index (Phi) is 3.50. The lowest BCUT2D eigenvalue weighted by Gasteiger charge is -2.21. The van der Waals surface area contributed by atoms with E-state index in [1.54, 1.807) is 32.4 Å². The summed E-state index contributed by atoms with van der Waals surface area (Å²) in [7, 11) is 3.12. The summed E-state index contributed by atoms with van der Waals surface area (Å²) in [5, 5.41) is 2.34. The second-order valence-corrected chi connectivity index (χ2v) is 4.15. The van der Waals surface area contributed by atoms with Crippen LogP contribution in [0.2, 0.25) is 0 Å². The van der Waals surface area contributed by atoms with Crippen LogP contribution < -0.4 is 14.8 Å². The second-order valence-electron chi connectivity index (χ2n) is 4.15. The predicted octanol–water partition coefficient (Wildman–Crippen LogP) is 1.22. The molecule has 1 heterocycles. The van der Waals surface area contributed by atoms with Crippen LogP contribution >= 0.6 is 0 Å². The SMILES string of the molecule is COc1cc(OC)cc(C2CCC(=O)NC2=O)c1. The molecule has 5 heteroatoms. The van der Waals surface area contributed by atoms with Crippen molar-refractivity contribution in [3.63, 3.8) is 0 Å². The Balaban J connectivity index is 2.32. The van der Waals surface area contributed by atoms with Gasteiger partial charge in [-0.2, -0.15) is 0 Å². The summed E-state index contributed by atoms with van der Waals surface area (Å²) in [5.41, 5.74) is 0.802. The van der Waals surface area contributed by atoms with Crippen LogP contribution in [0.15, 0.2) is 18.2 Å². The molecule has 0 radical (unpaired) electrons. The van der Waals surface area contributed by atoms with Gasteiger partial charge in [0.2, 0.25) is 11.8 Å². The van der Waals surface area contributed by atoms with Gasteiger partial charge in [0.05, 0.1) is 20.1 Å². The lowest BCUT2D eigenvalue weighted by molar-refractivity contribution is -0.134. The lowest BCUT2D eigenvalue weighted by Crippen LogP contribution is -2.39. The van der Waals surface area contributed by atoms with E-state index in [2.05, 4.69) is 5.32 Å². The van der Waals surface area contributed by atoms with E-state index >= 15 is 0 Å². The van der Waals surface area contributed by atoms with Gasteiger partial charge in [0.25, 0.3) is 0 Å². The van der Waals surface area contributed by atoms with Crippen molar-refractivity contribution in [2.24, 2.45) is 0 Å². The number of methoxy groups -OCH3 is 2. The third-order valence-electron chi connectivity index (χ3n) is 3.02. The maximum atomic E-state index is 11.8. The van der Waals surface area contributed by atoms with Crippen molar-refractivity contribution in [1.29, 1.82) is 0 Å². The third kappa shape index (κ3) is 2.45. The van der Waals surface area contributed by atoms with E-state index in [0.717, 1.165) is 5.56 Å². The first-order valence-electron chi connectivity index (χ1n) is 5.70. The normalized spacial score (nSPS) is 19.3. The van der Waals surface area contributed by atoms with Crippen LogP contribution in [0.3, 0.4) is 0 Å². The molecule has 96 valence electrons. The van der Waals surface area contributed by atoms with Gasteiger partial charge in [0.15, 0.2) is 0 Å². The first-order valence-corrected chi connectivity index (χ1v) is 5.70. The van der Waals surface area contributed by atoms with Crippen molar-refractivity contribution in [2.45, 2.75) is 18.8 Å². The largest absolute Gasteiger partial charge is 0.497 e. The molecule has 0 aliphatic carbocycles. The van der Waals surface area contributed by atoms with Crippen molar-refractivity contribution >= 4 is 11.8 Å². The third-order valence-corrected chi connectivity index (χ3v) is 3.02. The number of rotatable bonds is 3. The van der Waals surface area contributed by atoms with Gasteiger partial charge in [0, 0.05) is 12.5 Å². The quantitative estimate of drug-likeness (QED) is 0.818. The molecule has 1 aromatic carbocycles. The predicted molar refractivity (Wildman–Crippen MR) is 64.7 cm³/mol. The van der Waals surface area contributed by atoms with E-state index in [4.69, 9.17) is 9.47 Å².